The fourth-order valence-corrected chi connectivity index (χ4v) is 5.64. The van der Waals surface area contributed by atoms with Gasteiger partial charge in [-0.25, -0.2) is 4.39 Å². The van der Waals surface area contributed by atoms with Crippen LogP contribution in [-0.4, -0.2) is 46.7 Å². The van der Waals surface area contributed by atoms with Gasteiger partial charge < -0.3 is 14.3 Å². The molecule has 0 saturated heterocycles. The minimum atomic E-state index is -4.63. The molecule has 0 N–H and O–H groups in total. The number of hydrogen-bond donors (Lipinski definition) is 0. The van der Waals surface area contributed by atoms with Crippen molar-refractivity contribution in [1.82, 2.24) is 0 Å². The molecule has 0 radical (unpaired) electrons. The van der Waals surface area contributed by atoms with E-state index in [1.807, 2.05) is 0 Å². The summed E-state index contributed by atoms with van der Waals surface area (Å²) >= 11 is 30.0. The predicted molar refractivity (Wildman–Crippen MR) is 155 cm³/mol. The second kappa shape index (κ2) is 15.5. The monoisotopic (exact) mass is 671 g/mol. The summed E-state index contributed by atoms with van der Waals surface area (Å²) in [5.74, 6) is 0. The molecule has 0 fully saturated rings. The van der Waals surface area contributed by atoms with Crippen LogP contribution in [0.5, 0.6) is 0 Å². The van der Waals surface area contributed by atoms with E-state index in [1.165, 1.54) is 7.11 Å². The maximum Gasteiger partial charge on any atom is 0.298 e. The van der Waals surface area contributed by atoms with Gasteiger partial charge in [-0.15, -0.1) is 0 Å². The molecule has 0 spiro atoms. The minimum absolute atomic E-state index is 0.0391. The first kappa shape index (κ1) is 32.8. The standard InChI is InChI=1S/C26H23Cl5FNO6S/c1-36-33-12-23(32)26(38-14-17-4-8-19(28)9-5-17)24(15-37-13-16-2-6-18(27)7-3-16)39-40(34,35)25-11-21(30)20(29)10-22(25)31/h2-12,23-24,26H,13-15H2,1H3/t23-,24-,26+/m1/s1. The van der Waals surface area contributed by atoms with E-state index in [-0.39, 0.29) is 28.3 Å². The van der Waals surface area contributed by atoms with Gasteiger partial charge in [-0.2, -0.15) is 8.42 Å². The third kappa shape index (κ3) is 9.72. The second-order valence-electron chi connectivity index (χ2n) is 8.21. The van der Waals surface area contributed by atoms with Gasteiger partial charge in [0, 0.05) is 10.0 Å². The van der Waals surface area contributed by atoms with Crippen molar-refractivity contribution in [1.29, 1.82) is 0 Å². The molecule has 3 aromatic rings. The lowest BCUT2D eigenvalue weighted by molar-refractivity contribution is -0.0854. The molecule has 40 heavy (non-hydrogen) atoms. The van der Waals surface area contributed by atoms with E-state index < -0.39 is 40.0 Å². The van der Waals surface area contributed by atoms with Crippen molar-refractivity contribution in [3.8, 4) is 0 Å². The van der Waals surface area contributed by atoms with Gasteiger partial charge in [-0.1, -0.05) is 87.4 Å². The summed E-state index contributed by atoms with van der Waals surface area (Å²) in [4.78, 5) is 4.12. The molecule has 3 rings (SSSR count). The Morgan fingerprint density at radius 3 is 1.98 bits per heavy atom. The van der Waals surface area contributed by atoms with Crippen LogP contribution in [0, 0.1) is 0 Å². The third-order valence-corrected chi connectivity index (χ3v) is 8.33. The van der Waals surface area contributed by atoms with Gasteiger partial charge in [0.25, 0.3) is 10.1 Å². The Morgan fingerprint density at radius 1 is 0.850 bits per heavy atom. The Kier molecular flexibility index (Phi) is 12.8. The van der Waals surface area contributed by atoms with Crippen LogP contribution in [0.15, 0.2) is 70.7 Å². The molecule has 3 aromatic carbocycles. The summed E-state index contributed by atoms with van der Waals surface area (Å²) in [5.41, 5.74) is 1.37. The molecule has 0 saturated carbocycles. The number of hydrogen-bond acceptors (Lipinski definition) is 7. The van der Waals surface area contributed by atoms with E-state index in [1.54, 1.807) is 48.5 Å². The van der Waals surface area contributed by atoms with Gasteiger partial charge in [0.1, 0.15) is 24.2 Å². The fourth-order valence-electron chi connectivity index (χ4n) is 3.34. The highest BCUT2D eigenvalue weighted by Gasteiger charge is 2.36. The maximum absolute atomic E-state index is 15.5. The number of rotatable bonds is 14. The minimum Gasteiger partial charge on any atom is -0.399 e. The maximum atomic E-state index is 15.5. The zero-order valence-electron chi connectivity index (χ0n) is 20.8. The lowest BCUT2D eigenvalue weighted by Gasteiger charge is -2.28. The Hall–Kier alpha value is -1.66. The second-order valence-corrected chi connectivity index (χ2v) is 11.8. The zero-order chi connectivity index (χ0) is 29.3. The quantitative estimate of drug-likeness (QED) is 0.0752. The molecule has 14 heteroatoms. The van der Waals surface area contributed by atoms with Gasteiger partial charge in [0.15, 0.2) is 6.17 Å². The van der Waals surface area contributed by atoms with Crippen molar-refractivity contribution in [3.05, 3.63) is 96.9 Å². The van der Waals surface area contributed by atoms with Crippen molar-refractivity contribution >= 4 is 74.3 Å². The summed E-state index contributed by atoms with van der Waals surface area (Å²) in [5, 5.41) is 4.21. The molecule has 0 aliphatic heterocycles. The molecule has 0 bridgehead atoms. The number of oxime groups is 1. The Balaban J connectivity index is 1.92. The first-order valence-electron chi connectivity index (χ1n) is 11.5. The van der Waals surface area contributed by atoms with Crippen LogP contribution in [0.25, 0.3) is 0 Å². The van der Waals surface area contributed by atoms with Gasteiger partial charge in [-0.3, -0.25) is 4.18 Å². The molecule has 7 nitrogen and oxygen atoms in total. The van der Waals surface area contributed by atoms with Crippen molar-refractivity contribution in [2.45, 2.75) is 36.5 Å². The molecule has 0 aliphatic carbocycles. The first-order valence-corrected chi connectivity index (χ1v) is 14.8. The number of alkyl halides is 1. The molecular formula is C26H23Cl5FNO6S. The van der Waals surface area contributed by atoms with Gasteiger partial charge in [0.2, 0.25) is 0 Å². The normalized spacial score (nSPS) is 14.3. The molecule has 0 aliphatic rings. The Morgan fingerprint density at radius 2 is 1.40 bits per heavy atom. The van der Waals surface area contributed by atoms with Crippen LogP contribution >= 0.6 is 58.0 Å². The molecule has 0 heterocycles. The molecule has 216 valence electrons. The summed E-state index contributed by atoms with van der Waals surface area (Å²) in [6.45, 7) is -0.487. The first-order chi connectivity index (χ1) is 19.0. The summed E-state index contributed by atoms with van der Waals surface area (Å²) < 4.78 is 59.1. The Bertz CT molecular complexity index is 1390. The third-order valence-electron chi connectivity index (χ3n) is 5.30. The van der Waals surface area contributed by atoms with Crippen molar-refractivity contribution in [2.24, 2.45) is 5.16 Å². The number of ether oxygens (including phenoxy) is 2. The van der Waals surface area contributed by atoms with Crippen LogP contribution in [0.1, 0.15) is 11.1 Å². The summed E-state index contributed by atoms with van der Waals surface area (Å²) in [6, 6.07) is 15.6. The van der Waals surface area contributed by atoms with E-state index in [4.69, 9.17) is 71.7 Å². The molecule has 0 unspecified atom stereocenters. The molecule has 0 amide bonds. The van der Waals surface area contributed by atoms with E-state index in [2.05, 4.69) is 9.99 Å². The molecule has 3 atom stereocenters. The topological polar surface area (TPSA) is 83.4 Å². The van der Waals surface area contributed by atoms with E-state index >= 15 is 4.39 Å². The van der Waals surface area contributed by atoms with Gasteiger partial charge in [0.05, 0.1) is 41.1 Å². The van der Waals surface area contributed by atoms with E-state index in [0.717, 1.165) is 23.9 Å². The summed E-state index contributed by atoms with van der Waals surface area (Å²) in [7, 11) is -3.40. The predicted octanol–water partition coefficient (Wildman–Crippen LogP) is 7.80. The molecule has 0 aromatic heterocycles. The van der Waals surface area contributed by atoms with Crippen molar-refractivity contribution in [3.63, 3.8) is 0 Å². The van der Waals surface area contributed by atoms with Crippen LogP contribution in [0.4, 0.5) is 4.39 Å². The smallest absolute Gasteiger partial charge is 0.298 e. The van der Waals surface area contributed by atoms with Gasteiger partial charge in [-0.05, 0) is 47.5 Å². The SMILES string of the molecule is CON=C[C@@H](F)[C@H](OCc1ccc(Cl)cc1)[C@@H](COCc1ccc(Cl)cc1)OS(=O)(=O)c1cc(Cl)c(Cl)cc1Cl. The average molecular weight is 674 g/mol. The van der Waals surface area contributed by atoms with Crippen LogP contribution in [0.3, 0.4) is 0 Å². The number of halogens is 6. The van der Waals surface area contributed by atoms with Crippen molar-refractivity contribution in [2.75, 3.05) is 13.7 Å². The highest BCUT2D eigenvalue weighted by atomic mass is 35.5. The average Bonchev–Trinajstić information content (AvgIpc) is 2.91. The van der Waals surface area contributed by atoms with Gasteiger partial charge >= 0.3 is 0 Å². The number of nitrogens with zero attached hydrogens (tertiary/aromatic N) is 1. The summed E-state index contributed by atoms with van der Waals surface area (Å²) in [6.07, 6.45) is -4.21. The Labute approximate surface area is 256 Å². The highest BCUT2D eigenvalue weighted by molar-refractivity contribution is 7.87. The van der Waals surface area contributed by atoms with Crippen molar-refractivity contribution < 1.29 is 31.3 Å². The van der Waals surface area contributed by atoms with Crippen LogP contribution in [-0.2, 0) is 41.8 Å². The lowest BCUT2D eigenvalue weighted by Crippen LogP contribution is -2.44. The van der Waals surface area contributed by atoms with E-state index in [9.17, 15) is 8.42 Å². The van der Waals surface area contributed by atoms with Crippen LogP contribution in [0.2, 0.25) is 25.1 Å². The largest absolute Gasteiger partial charge is 0.399 e. The van der Waals surface area contributed by atoms with E-state index in [0.29, 0.717) is 15.6 Å². The lowest BCUT2D eigenvalue weighted by atomic mass is 10.1. The molecular weight excluding hydrogens is 651 g/mol. The highest BCUT2D eigenvalue weighted by Crippen LogP contribution is 2.33. The zero-order valence-corrected chi connectivity index (χ0v) is 25.4. The number of benzene rings is 3. The fraction of sp³-hybridized carbons (Fsp3) is 0.269. The van der Waals surface area contributed by atoms with Crippen LogP contribution < -0.4 is 0 Å².